The lowest BCUT2D eigenvalue weighted by Crippen LogP contribution is -2.41. The number of hydrogen-bond acceptors (Lipinski definition) is 5. The number of rotatable bonds is 6. The highest BCUT2D eigenvalue weighted by molar-refractivity contribution is 5.94. The van der Waals surface area contributed by atoms with Gasteiger partial charge in [-0.25, -0.2) is 0 Å². The number of nitrogens with zero attached hydrogens (tertiary/aromatic N) is 2. The van der Waals surface area contributed by atoms with E-state index in [-0.39, 0.29) is 5.91 Å². The standard InChI is InChI=1S/C21H24N4O3/c1-27-18-5-4-15-12-17(3-2-16(15)13-18)19-14-20(24-23-19)21(26)22-6-7-25-8-10-28-11-9-25/h2-5,12-14H,6-11H2,1H3,(H,22,26)(H,23,24). The number of amides is 1. The molecule has 3 aromatic rings. The summed E-state index contributed by atoms with van der Waals surface area (Å²) in [6.45, 7) is 4.76. The predicted molar refractivity (Wildman–Crippen MR) is 108 cm³/mol. The minimum Gasteiger partial charge on any atom is -0.497 e. The van der Waals surface area contributed by atoms with Crippen LogP contribution in [-0.2, 0) is 4.74 Å². The minimum atomic E-state index is -0.165. The molecule has 0 radical (unpaired) electrons. The first-order valence-electron chi connectivity index (χ1n) is 9.45. The van der Waals surface area contributed by atoms with Gasteiger partial charge in [-0.1, -0.05) is 18.2 Å². The lowest BCUT2D eigenvalue weighted by molar-refractivity contribution is 0.0383. The first kappa shape index (κ1) is 18.5. The molecular formula is C21H24N4O3. The Morgan fingerprint density at radius 3 is 2.79 bits per heavy atom. The van der Waals surface area contributed by atoms with E-state index in [2.05, 4.69) is 26.5 Å². The van der Waals surface area contributed by atoms with Crippen molar-refractivity contribution in [2.45, 2.75) is 0 Å². The highest BCUT2D eigenvalue weighted by Gasteiger charge is 2.13. The zero-order valence-corrected chi connectivity index (χ0v) is 15.9. The average molecular weight is 380 g/mol. The molecule has 2 heterocycles. The van der Waals surface area contributed by atoms with E-state index in [9.17, 15) is 4.79 Å². The Bertz CT molecular complexity index is 963. The molecule has 1 fully saturated rings. The second-order valence-electron chi connectivity index (χ2n) is 6.80. The summed E-state index contributed by atoms with van der Waals surface area (Å²) in [6.07, 6.45) is 0. The van der Waals surface area contributed by atoms with Gasteiger partial charge < -0.3 is 14.8 Å². The smallest absolute Gasteiger partial charge is 0.271 e. The summed E-state index contributed by atoms with van der Waals surface area (Å²) in [7, 11) is 1.66. The van der Waals surface area contributed by atoms with Gasteiger partial charge in [-0.15, -0.1) is 0 Å². The lowest BCUT2D eigenvalue weighted by Gasteiger charge is -2.26. The van der Waals surface area contributed by atoms with Crippen molar-refractivity contribution in [2.75, 3.05) is 46.5 Å². The Balaban J connectivity index is 1.40. The normalized spacial score (nSPS) is 14.9. The van der Waals surface area contributed by atoms with E-state index >= 15 is 0 Å². The molecule has 2 N–H and O–H groups in total. The fourth-order valence-electron chi connectivity index (χ4n) is 3.35. The SMILES string of the molecule is COc1ccc2cc(-c3cc(C(=O)NCCN4CCOCC4)n[nH]3)ccc2c1. The summed E-state index contributed by atoms with van der Waals surface area (Å²) in [4.78, 5) is 14.6. The molecule has 2 aromatic carbocycles. The van der Waals surface area contributed by atoms with Crippen LogP contribution in [0.2, 0.25) is 0 Å². The average Bonchev–Trinajstić information content (AvgIpc) is 3.24. The highest BCUT2D eigenvalue weighted by atomic mass is 16.5. The first-order valence-corrected chi connectivity index (χ1v) is 9.45. The summed E-state index contributed by atoms with van der Waals surface area (Å²) in [5, 5.41) is 12.3. The molecule has 4 rings (SSSR count). The number of fused-ring (bicyclic) bond motifs is 1. The van der Waals surface area contributed by atoms with Gasteiger partial charge >= 0.3 is 0 Å². The third-order valence-corrected chi connectivity index (χ3v) is 4.99. The highest BCUT2D eigenvalue weighted by Crippen LogP contribution is 2.26. The van der Waals surface area contributed by atoms with E-state index in [1.54, 1.807) is 13.2 Å². The van der Waals surface area contributed by atoms with Crippen molar-refractivity contribution in [1.82, 2.24) is 20.4 Å². The van der Waals surface area contributed by atoms with E-state index in [1.807, 2.05) is 30.3 Å². The van der Waals surface area contributed by atoms with Crippen molar-refractivity contribution < 1.29 is 14.3 Å². The molecule has 1 saturated heterocycles. The number of aromatic nitrogens is 2. The number of H-pyrrole nitrogens is 1. The summed E-state index contributed by atoms with van der Waals surface area (Å²) in [6, 6.07) is 13.9. The van der Waals surface area contributed by atoms with Crippen molar-refractivity contribution in [1.29, 1.82) is 0 Å². The van der Waals surface area contributed by atoms with Crippen molar-refractivity contribution >= 4 is 16.7 Å². The molecule has 0 spiro atoms. The topological polar surface area (TPSA) is 79.5 Å². The molecule has 1 amide bonds. The van der Waals surface area contributed by atoms with Crippen LogP contribution >= 0.6 is 0 Å². The van der Waals surface area contributed by atoms with Crippen LogP contribution < -0.4 is 10.1 Å². The molecule has 0 atom stereocenters. The second-order valence-corrected chi connectivity index (χ2v) is 6.80. The third-order valence-electron chi connectivity index (χ3n) is 4.99. The maximum absolute atomic E-state index is 12.4. The Kier molecular flexibility index (Phi) is 5.55. The molecule has 7 nitrogen and oxygen atoms in total. The van der Waals surface area contributed by atoms with Crippen molar-refractivity contribution in [3.63, 3.8) is 0 Å². The zero-order chi connectivity index (χ0) is 19.3. The molecule has 0 bridgehead atoms. The van der Waals surface area contributed by atoms with Crippen LogP contribution in [0.25, 0.3) is 22.0 Å². The van der Waals surface area contributed by atoms with E-state index in [0.29, 0.717) is 12.2 Å². The van der Waals surface area contributed by atoms with Gasteiger partial charge in [-0.2, -0.15) is 5.10 Å². The van der Waals surface area contributed by atoms with E-state index in [0.717, 1.165) is 60.6 Å². The number of carbonyl (C=O) groups is 1. The number of aromatic amines is 1. The number of benzene rings is 2. The monoisotopic (exact) mass is 380 g/mol. The maximum Gasteiger partial charge on any atom is 0.271 e. The van der Waals surface area contributed by atoms with Crippen LogP contribution in [0.15, 0.2) is 42.5 Å². The van der Waals surface area contributed by atoms with Gasteiger partial charge in [0.2, 0.25) is 0 Å². The number of hydrogen-bond donors (Lipinski definition) is 2. The van der Waals surface area contributed by atoms with Crippen LogP contribution in [0.3, 0.4) is 0 Å². The van der Waals surface area contributed by atoms with E-state index < -0.39 is 0 Å². The lowest BCUT2D eigenvalue weighted by atomic mass is 10.0. The van der Waals surface area contributed by atoms with Gasteiger partial charge in [-0.05, 0) is 35.0 Å². The van der Waals surface area contributed by atoms with Crippen molar-refractivity contribution in [3.8, 4) is 17.0 Å². The van der Waals surface area contributed by atoms with Gasteiger partial charge in [0.1, 0.15) is 5.75 Å². The number of ether oxygens (including phenoxy) is 2. The summed E-state index contributed by atoms with van der Waals surface area (Å²) in [5.41, 5.74) is 2.19. The van der Waals surface area contributed by atoms with Gasteiger partial charge in [-0.3, -0.25) is 14.8 Å². The quantitative estimate of drug-likeness (QED) is 0.686. The molecular weight excluding hydrogens is 356 g/mol. The molecule has 0 unspecified atom stereocenters. The molecule has 1 aliphatic rings. The Morgan fingerprint density at radius 1 is 1.18 bits per heavy atom. The zero-order valence-electron chi connectivity index (χ0n) is 15.9. The van der Waals surface area contributed by atoms with E-state index in [1.165, 1.54) is 0 Å². The Morgan fingerprint density at radius 2 is 1.96 bits per heavy atom. The Hall–Kier alpha value is -2.90. The molecule has 0 saturated carbocycles. The molecule has 1 aromatic heterocycles. The van der Waals surface area contributed by atoms with Crippen molar-refractivity contribution in [2.24, 2.45) is 0 Å². The Labute approximate surface area is 163 Å². The van der Waals surface area contributed by atoms with E-state index in [4.69, 9.17) is 9.47 Å². The van der Waals surface area contributed by atoms with Crippen LogP contribution in [0, 0.1) is 0 Å². The second kappa shape index (κ2) is 8.41. The number of carbonyl (C=O) groups excluding carboxylic acids is 1. The van der Waals surface area contributed by atoms with Gasteiger partial charge in [0.25, 0.3) is 5.91 Å². The molecule has 28 heavy (non-hydrogen) atoms. The predicted octanol–water partition coefficient (Wildman–Crippen LogP) is 2.30. The van der Waals surface area contributed by atoms with Gasteiger partial charge in [0.15, 0.2) is 5.69 Å². The fourth-order valence-corrected chi connectivity index (χ4v) is 3.35. The third kappa shape index (κ3) is 4.16. The fraction of sp³-hybridized carbons (Fsp3) is 0.333. The molecule has 7 heteroatoms. The van der Waals surface area contributed by atoms with Crippen LogP contribution in [-0.4, -0.2) is 67.5 Å². The molecule has 146 valence electrons. The summed E-state index contributed by atoms with van der Waals surface area (Å²) >= 11 is 0. The molecule has 0 aliphatic carbocycles. The van der Waals surface area contributed by atoms with Gasteiger partial charge in [0.05, 0.1) is 26.0 Å². The summed E-state index contributed by atoms with van der Waals surface area (Å²) < 4.78 is 10.6. The van der Waals surface area contributed by atoms with Crippen LogP contribution in [0.4, 0.5) is 0 Å². The largest absolute Gasteiger partial charge is 0.497 e. The number of morpholine rings is 1. The van der Waals surface area contributed by atoms with Crippen LogP contribution in [0.5, 0.6) is 5.75 Å². The first-order chi connectivity index (χ1) is 13.7. The van der Waals surface area contributed by atoms with Crippen molar-refractivity contribution in [3.05, 3.63) is 48.2 Å². The minimum absolute atomic E-state index is 0.165. The number of methoxy groups -OCH3 is 1. The van der Waals surface area contributed by atoms with Crippen LogP contribution in [0.1, 0.15) is 10.5 Å². The number of nitrogens with one attached hydrogen (secondary N) is 2. The maximum atomic E-state index is 12.4. The van der Waals surface area contributed by atoms with Gasteiger partial charge in [0, 0.05) is 31.7 Å². The summed E-state index contributed by atoms with van der Waals surface area (Å²) in [5.74, 6) is 0.666. The molecule has 1 aliphatic heterocycles.